The first-order valence-corrected chi connectivity index (χ1v) is 6.56. The summed E-state index contributed by atoms with van der Waals surface area (Å²) in [7, 11) is 0. The van der Waals surface area contributed by atoms with E-state index in [1.54, 1.807) is 6.20 Å². The standard InChI is InChI=1S/C14H20N4O/c1-9(2)6-11(15)8-13-17-14(18-19-13)12-7-10(3)4-5-16-12/h4-5,7,9,11H,6,8,15H2,1-3H3. The molecule has 102 valence electrons. The number of aromatic nitrogens is 3. The Kier molecular flexibility index (Phi) is 4.27. The van der Waals surface area contributed by atoms with Crippen LogP contribution in [0.4, 0.5) is 0 Å². The molecule has 0 saturated heterocycles. The van der Waals surface area contributed by atoms with Crippen molar-refractivity contribution in [2.45, 2.75) is 39.7 Å². The van der Waals surface area contributed by atoms with Crippen LogP contribution in [0.15, 0.2) is 22.9 Å². The van der Waals surface area contributed by atoms with Crippen LogP contribution < -0.4 is 5.73 Å². The van der Waals surface area contributed by atoms with Crippen molar-refractivity contribution in [1.29, 1.82) is 0 Å². The average molecular weight is 260 g/mol. The smallest absolute Gasteiger partial charge is 0.228 e. The minimum Gasteiger partial charge on any atom is -0.339 e. The molecule has 5 nitrogen and oxygen atoms in total. The quantitative estimate of drug-likeness (QED) is 0.892. The summed E-state index contributed by atoms with van der Waals surface area (Å²) < 4.78 is 5.23. The summed E-state index contributed by atoms with van der Waals surface area (Å²) in [6.07, 6.45) is 3.29. The van der Waals surface area contributed by atoms with Crippen molar-refractivity contribution in [3.05, 3.63) is 29.8 Å². The lowest BCUT2D eigenvalue weighted by molar-refractivity contribution is 0.359. The third kappa shape index (κ3) is 3.86. The summed E-state index contributed by atoms with van der Waals surface area (Å²) in [4.78, 5) is 8.58. The van der Waals surface area contributed by atoms with Crippen molar-refractivity contribution in [2.24, 2.45) is 11.7 Å². The van der Waals surface area contributed by atoms with E-state index in [1.165, 1.54) is 0 Å². The summed E-state index contributed by atoms with van der Waals surface area (Å²) in [5.74, 6) is 1.66. The fourth-order valence-electron chi connectivity index (χ4n) is 2.01. The van der Waals surface area contributed by atoms with Crippen molar-refractivity contribution in [3.63, 3.8) is 0 Å². The molecular weight excluding hydrogens is 240 g/mol. The van der Waals surface area contributed by atoms with Crippen molar-refractivity contribution in [2.75, 3.05) is 0 Å². The third-order valence-corrected chi connectivity index (χ3v) is 2.82. The van der Waals surface area contributed by atoms with Gasteiger partial charge in [0.15, 0.2) is 0 Å². The van der Waals surface area contributed by atoms with Gasteiger partial charge < -0.3 is 10.3 Å². The molecule has 0 amide bonds. The van der Waals surface area contributed by atoms with Crippen LogP contribution in [-0.2, 0) is 6.42 Å². The summed E-state index contributed by atoms with van der Waals surface area (Å²) in [6.45, 7) is 6.30. The number of pyridine rings is 1. The fourth-order valence-corrected chi connectivity index (χ4v) is 2.01. The minimum atomic E-state index is 0.0544. The van der Waals surface area contributed by atoms with Crippen LogP contribution >= 0.6 is 0 Å². The molecule has 0 aromatic carbocycles. The second-order valence-corrected chi connectivity index (χ2v) is 5.32. The van der Waals surface area contributed by atoms with E-state index < -0.39 is 0 Å². The highest BCUT2D eigenvalue weighted by Gasteiger charge is 2.14. The number of aryl methyl sites for hydroxylation is 1. The van der Waals surface area contributed by atoms with Gasteiger partial charge >= 0.3 is 0 Å². The zero-order chi connectivity index (χ0) is 13.8. The molecule has 5 heteroatoms. The second-order valence-electron chi connectivity index (χ2n) is 5.32. The Morgan fingerprint density at radius 2 is 2.16 bits per heavy atom. The van der Waals surface area contributed by atoms with Gasteiger partial charge in [0, 0.05) is 18.7 Å². The van der Waals surface area contributed by atoms with E-state index in [2.05, 4.69) is 29.0 Å². The predicted octanol–water partition coefficient (Wildman–Crippen LogP) is 2.36. The van der Waals surface area contributed by atoms with Gasteiger partial charge in [0.05, 0.1) is 0 Å². The largest absolute Gasteiger partial charge is 0.339 e. The molecule has 2 N–H and O–H groups in total. The van der Waals surface area contributed by atoms with Crippen LogP contribution in [0.5, 0.6) is 0 Å². The highest BCUT2D eigenvalue weighted by atomic mass is 16.5. The number of nitrogens with zero attached hydrogens (tertiary/aromatic N) is 3. The Balaban J connectivity index is 2.07. The number of hydrogen-bond acceptors (Lipinski definition) is 5. The average Bonchev–Trinajstić information content (AvgIpc) is 2.76. The van der Waals surface area contributed by atoms with Crippen LogP contribution in [0.3, 0.4) is 0 Å². The van der Waals surface area contributed by atoms with E-state index in [-0.39, 0.29) is 6.04 Å². The highest BCUT2D eigenvalue weighted by molar-refractivity contribution is 5.48. The maximum atomic E-state index is 6.04. The maximum Gasteiger partial charge on any atom is 0.228 e. The predicted molar refractivity (Wildman–Crippen MR) is 73.4 cm³/mol. The van der Waals surface area contributed by atoms with Gasteiger partial charge in [0.1, 0.15) is 5.69 Å². The molecule has 1 atom stereocenters. The van der Waals surface area contributed by atoms with E-state index in [0.717, 1.165) is 17.7 Å². The second kappa shape index (κ2) is 5.93. The Labute approximate surface area is 113 Å². The van der Waals surface area contributed by atoms with Gasteiger partial charge in [0.25, 0.3) is 0 Å². The van der Waals surface area contributed by atoms with Crippen LogP contribution in [0.1, 0.15) is 31.7 Å². The van der Waals surface area contributed by atoms with Crippen LogP contribution in [0.25, 0.3) is 11.5 Å². The van der Waals surface area contributed by atoms with Gasteiger partial charge in [-0.25, -0.2) is 0 Å². The van der Waals surface area contributed by atoms with Gasteiger partial charge in [-0.1, -0.05) is 19.0 Å². The molecule has 0 saturated carbocycles. The third-order valence-electron chi connectivity index (χ3n) is 2.82. The monoisotopic (exact) mass is 260 g/mol. The molecule has 0 aliphatic rings. The molecule has 0 fully saturated rings. The first kappa shape index (κ1) is 13.7. The summed E-state index contributed by atoms with van der Waals surface area (Å²) in [5.41, 5.74) is 7.88. The first-order valence-electron chi connectivity index (χ1n) is 6.56. The van der Waals surface area contributed by atoms with E-state index in [0.29, 0.717) is 24.1 Å². The van der Waals surface area contributed by atoms with Gasteiger partial charge in [-0.15, -0.1) is 0 Å². The molecule has 2 heterocycles. The van der Waals surface area contributed by atoms with E-state index in [4.69, 9.17) is 10.3 Å². The molecular formula is C14H20N4O. The van der Waals surface area contributed by atoms with Gasteiger partial charge in [0.2, 0.25) is 11.7 Å². The Bertz CT molecular complexity index is 536. The van der Waals surface area contributed by atoms with Crippen LogP contribution in [0, 0.1) is 12.8 Å². The van der Waals surface area contributed by atoms with Gasteiger partial charge in [-0.2, -0.15) is 4.98 Å². The van der Waals surface area contributed by atoms with Gasteiger partial charge in [-0.3, -0.25) is 4.98 Å². The van der Waals surface area contributed by atoms with Crippen molar-refractivity contribution in [1.82, 2.24) is 15.1 Å². The molecule has 2 aromatic heterocycles. The zero-order valence-electron chi connectivity index (χ0n) is 11.6. The Hall–Kier alpha value is -1.75. The highest BCUT2D eigenvalue weighted by Crippen LogP contribution is 2.15. The molecule has 0 aliphatic carbocycles. The molecule has 0 radical (unpaired) electrons. The molecule has 19 heavy (non-hydrogen) atoms. The summed E-state index contributed by atoms with van der Waals surface area (Å²) >= 11 is 0. The number of rotatable bonds is 5. The minimum absolute atomic E-state index is 0.0544. The van der Waals surface area contributed by atoms with Crippen molar-refractivity contribution >= 4 is 0 Å². The molecule has 2 rings (SSSR count). The molecule has 0 bridgehead atoms. The number of hydrogen-bond donors (Lipinski definition) is 1. The number of nitrogens with two attached hydrogens (primary N) is 1. The first-order chi connectivity index (χ1) is 9.04. The molecule has 1 unspecified atom stereocenters. The lowest BCUT2D eigenvalue weighted by atomic mass is 10.0. The lowest BCUT2D eigenvalue weighted by Crippen LogP contribution is -2.24. The van der Waals surface area contributed by atoms with Crippen LogP contribution in [-0.4, -0.2) is 21.2 Å². The van der Waals surface area contributed by atoms with Crippen molar-refractivity contribution in [3.8, 4) is 11.5 Å². The summed E-state index contributed by atoms with van der Waals surface area (Å²) in [5, 5.41) is 3.96. The Morgan fingerprint density at radius 1 is 1.37 bits per heavy atom. The van der Waals surface area contributed by atoms with E-state index >= 15 is 0 Å². The van der Waals surface area contributed by atoms with Crippen LogP contribution in [0.2, 0.25) is 0 Å². The maximum absolute atomic E-state index is 6.04. The molecule has 0 spiro atoms. The fraction of sp³-hybridized carbons (Fsp3) is 0.500. The molecule has 2 aromatic rings. The SMILES string of the molecule is Cc1ccnc(-c2noc(CC(N)CC(C)C)n2)c1. The zero-order valence-corrected chi connectivity index (χ0v) is 11.6. The summed E-state index contributed by atoms with van der Waals surface area (Å²) in [6, 6.07) is 3.92. The van der Waals surface area contributed by atoms with E-state index in [1.807, 2.05) is 19.1 Å². The lowest BCUT2D eigenvalue weighted by Gasteiger charge is -2.10. The van der Waals surface area contributed by atoms with E-state index in [9.17, 15) is 0 Å². The normalized spacial score (nSPS) is 12.9. The molecule has 0 aliphatic heterocycles. The van der Waals surface area contributed by atoms with Gasteiger partial charge in [-0.05, 0) is 37.0 Å². The van der Waals surface area contributed by atoms with Crippen molar-refractivity contribution < 1.29 is 4.52 Å². The Morgan fingerprint density at radius 3 is 2.84 bits per heavy atom. The topological polar surface area (TPSA) is 77.8 Å².